The van der Waals surface area contributed by atoms with Crippen LogP contribution in [0.1, 0.15) is 42.9 Å². The van der Waals surface area contributed by atoms with Crippen molar-refractivity contribution in [3.05, 3.63) is 52.9 Å². The van der Waals surface area contributed by atoms with Gasteiger partial charge < -0.3 is 10.1 Å². The summed E-state index contributed by atoms with van der Waals surface area (Å²) in [6.45, 7) is 7.83. The monoisotopic (exact) mass is 407 g/mol. The van der Waals surface area contributed by atoms with Gasteiger partial charge in [-0.15, -0.1) is 11.3 Å². The summed E-state index contributed by atoms with van der Waals surface area (Å²) in [5, 5.41) is 5.33. The summed E-state index contributed by atoms with van der Waals surface area (Å²) >= 11 is 1.53. The van der Waals surface area contributed by atoms with Gasteiger partial charge in [0.1, 0.15) is 11.9 Å². The zero-order chi connectivity index (χ0) is 20.8. The highest BCUT2D eigenvalue weighted by molar-refractivity contribution is 7.17. The maximum Gasteiger partial charge on any atom is 0.225 e. The van der Waals surface area contributed by atoms with Crippen molar-refractivity contribution in [1.82, 2.24) is 5.32 Å². The van der Waals surface area contributed by atoms with E-state index in [1.165, 1.54) is 22.3 Å². The van der Waals surface area contributed by atoms with Crippen molar-refractivity contribution in [2.75, 3.05) is 6.54 Å². The highest BCUT2D eigenvalue weighted by atomic mass is 32.1. The number of carbonyl (C=O) groups is 2. The molecule has 0 spiro atoms. The molecule has 0 saturated heterocycles. The zero-order valence-corrected chi connectivity index (χ0v) is 18.0. The first-order valence-corrected chi connectivity index (χ1v) is 10.7. The number of hydrogen-bond acceptors (Lipinski definition) is 4. The van der Waals surface area contributed by atoms with E-state index >= 15 is 0 Å². The van der Waals surface area contributed by atoms with Gasteiger partial charge in [0.15, 0.2) is 5.78 Å². The highest BCUT2D eigenvalue weighted by Gasteiger charge is 2.27. The molecule has 1 amide bonds. The maximum atomic E-state index is 12.1. The second-order valence-corrected chi connectivity index (χ2v) is 9.69. The van der Waals surface area contributed by atoms with E-state index < -0.39 is 5.41 Å². The second-order valence-electron chi connectivity index (χ2n) is 8.60. The van der Waals surface area contributed by atoms with Gasteiger partial charge >= 0.3 is 0 Å². The van der Waals surface area contributed by atoms with E-state index in [0.717, 1.165) is 32.9 Å². The summed E-state index contributed by atoms with van der Waals surface area (Å²) in [4.78, 5) is 25.6. The number of thiophene rings is 1. The second kappa shape index (κ2) is 7.30. The first-order valence-electron chi connectivity index (χ1n) is 9.84. The third-order valence-electron chi connectivity index (χ3n) is 5.22. The number of hydrogen-bond donors (Lipinski definition) is 1. The van der Waals surface area contributed by atoms with Crippen LogP contribution in [0, 0.1) is 5.41 Å². The van der Waals surface area contributed by atoms with E-state index in [0.29, 0.717) is 6.54 Å². The summed E-state index contributed by atoms with van der Waals surface area (Å²) in [6.07, 6.45) is 0.737. The van der Waals surface area contributed by atoms with Crippen molar-refractivity contribution >= 4 is 33.8 Å². The van der Waals surface area contributed by atoms with Gasteiger partial charge in [-0.1, -0.05) is 39.0 Å². The van der Waals surface area contributed by atoms with Crippen LogP contribution >= 0.6 is 11.3 Å². The lowest BCUT2D eigenvalue weighted by atomic mass is 9.95. The van der Waals surface area contributed by atoms with E-state index in [1.54, 1.807) is 6.92 Å². The van der Waals surface area contributed by atoms with Crippen LogP contribution in [0.25, 0.3) is 21.2 Å². The average molecular weight is 408 g/mol. The predicted octanol–water partition coefficient (Wildman–Crippen LogP) is 5.24. The van der Waals surface area contributed by atoms with Crippen LogP contribution < -0.4 is 10.1 Å². The van der Waals surface area contributed by atoms with Gasteiger partial charge in [0.25, 0.3) is 0 Å². The number of carbonyl (C=O) groups excluding carboxylic acids is 2. The van der Waals surface area contributed by atoms with E-state index in [1.807, 2.05) is 39.0 Å². The molecule has 0 saturated carbocycles. The van der Waals surface area contributed by atoms with Crippen molar-refractivity contribution in [1.29, 1.82) is 0 Å². The molecule has 0 aliphatic carbocycles. The normalized spacial score (nSPS) is 15.8. The van der Waals surface area contributed by atoms with E-state index in [4.69, 9.17) is 4.74 Å². The smallest absolute Gasteiger partial charge is 0.225 e. The fourth-order valence-electron chi connectivity index (χ4n) is 3.57. The first kappa shape index (κ1) is 19.6. The van der Waals surface area contributed by atoms with E-state index in [2.05, 4.69) is 29.6 Å². The van der Waals surface area contributed by atoms with Crippen LogP contribution in [0.15, 0.2) is 42.5 Å². The molecule has 150 valence electrons. The molecule has 1 aromatic heterocycles. The van der Waals surface area contributed by atoms with Gasteiger partial charge in [0, 0.05) is 22.3 Å². The van der Waals surface area contributed by atoms with Crippen LogP contribution in [0.4, 0.5) is 0 Å². The zero-order valence-electron chi connectivity index (χ0n) is 17.2. The number of ether oxygens (including phenoxy) is 1. The molecule has 2 heterocycles. The van der Waals surface area contributed by atoms with Gasteiger partial charge in [-0.2, -0.15) is 0 Å². The summed E-state index contributed by atoms with van der Waals surface area (Å²) < 4.78 is 6.07. The molecular formula is C24H25NO3S. The van der Waals surface area contributed by atoms with Crippen LogP contribution in [0.5, 0.6) is 5.75 Å². The molecule has 29 heavy (non-hydrogen) atoms. The number of ketones is 1. The Hall–Kier alpha value is -2.66. The minimum atomic E-state index is -0.404. The Balaban J connectivity index is 1.55. The summed E-state index contributed by atoms with van der Waals surface area (Å²) in [6, 6.07) is 14.4. The molecular weight excluding hydrogens is 382 g/mol. The largest absolute Gasteiger partial charge is 0.488 e. The van der Waals surface area contributed by atoms with Gasteiger partial charge in [-0.05, 0) is 47.5 Å². The number of nitrogens with one attached hydrogen (secondary N) is 1. The Morgan fingerprint density at radius 1 is 1.14 bits per heavy atom. The van der Waals surface area contributed by atoms with Crippen molar-refractivity contribution < 1.29 is 14.3 Å². The molecule has 5 heteroatoms. The Labute approximate surface area is 174 Å². The molecule has 0 fully saturated rings. The Kier molecular flexibility index (Phi) is 4.95. The lowest BCUT2D eigenvalue weighted by Gasteiger charge is -2.19. The van der Waals surface area contributed by atoms with Gasteiger partial charge in [0.05, 0.1) is 11.4 Å². The lowest BCUT2D eigenvalue weighted by molar-refractivity contribution is -0.128. The van der Waals surface area contributed by atoms with Gasteiger partial charge in [0.2, 0.25) is 5.91 Å². The molecule has 4 rings (SSSR count). The number of benzene rings is 2. The molecule has 0 bridgehead atoms. The molecule has 1 atom stereocenters. The summed E-state index contributed by atoms with van der Waals surface area (Å²) in [5.41, 5.74) is 1.90. The number of fused-ring (bicyclic) bond motifs is 3. The molecule has 4 nitrogen and oxygen atoms in total. The van der Waals surface area contributed by atoms with Crippen LogP contribution in [0.2, 0.25) is 0 Å². The van der Waals surface area contributed by atoms with E-state index in [-0.39, 0.29) is 17.8 Å². The van der Waals surface area contributed by atoms with Crippen molar-refractivity contribution in [2.24, 2.45) is 5.41 Å². The minimum absolute atomic E-state index is 0.0347. The average Bonchev–Trinajstić information content (AvgIpc) is 3.31. The lowest BCUT2D eigenvalue weighted by Crippen LogP contribution is -2.40. The third kappa shape index (κ3) is 3.92. The highest BCUT2D eigenvalue weighted by Crippen LogP contribution is 2.37. The van der Waals surface area contributed by atoms with Crippen molar-refractivity contribution in [3.63, 3.8) is 0 Å². The maximum absolute atomic E-state index is 12.1. The van der Waals surface area contributed by atoms with Crippen molar-refractivity contribution in [2.45, 2.75) is 40.2 Å². The minimum Gasteiger partial charge on any atom is -0.488 e. The number of amides is 1. The molecule has 0 unspecified atom stereocenters. The molecule has 3 aromatic rings. The summed E-state index contributed by atoms with van der Waals surface area (Å²) in [5.74, 6) is 1.03. The van der Waals surface area contributed by atoms with E-state index in [9.17, 15) is 9.59 Å². The topological polar surface area (TPSA) is 55.4 Å². The molecule has 2 aromatic carbocycles. The Bertz CT molecular complexity index is 1110. The Morgan fingerprint density at radius 2 is 1.93 bits per heavy atom. The SMILES string of the molecule is CC(=O)c1ccc(-c2ccc3c4c(ccc3c2)O[C@H](CNC(=O)C(C)(C)C)C4)s1. The van der Waals surface area contributed by atoms with Crippen LogP contribution in [-0.2, 0) is 11.2 Å². The Morgan fingerprint density at radius 3 is 2.62 bits per heavy atom. The molecule has 1 aliphatic rings. The van der Waals surface area contributed by atoms with Crippen molar-refractivity contribution in [3.8, 4) is 16.2 Å². The number of Topliss-reactive ketones (excluding diaryl/α,β-unsaturated/α-hetero) is 1. The standard InChI is InChI=1S/C24H25NO3S/c1-14(26)21-9-10-22(29-21)16-5-7-18-15(11-16)6-8-20-19(18)12-17(28-20)13-25-23(27)24(2,3)4/h5-11,17H,12-13H2,1-4H3,(H,25,27)/t17-/m0/s1. The fourth-order valence-corrected chi connectivity index (χ4v) is 4.46. The van der Waals surface area contributed by atoms with Crippen LogP contribution in [0.3, 0.4) is 0 Å². The number of rotatable bonds is 4. The third-order valence-corrected chi connectivity index (χ3v) is 6.46. The first-order chi connectivity index (χ1) is 13.7. The molecule has 1 aliphatic heterocycles. The van der Waals surface area contributed by atoms with Gasteiger partial charge in [-0.3, -0.25) is 9.59 Å². The summed E-state index contributed by atoms with van der Waals surface area (Å²) in [7, 11) is 0. The molecule has 0 radical (unpaired) electrons. The predicted molar refractivity (Wildman–Crippen MR) is 118 cm³/mol. The quantitative estimate of drug-likeness (QED) is 0.602. The fraction of sp³-hybridized carbons (Fsp3) is 0.333. The van der Waals surface area contributed by atoms with Gasteiger partial charge in [-0.25, -0.2) is 0 Å². The molecule has 1 N–H and O–H groups in total. The van der Waals surface area contributed by atoms with Crippen LogP contribution in [-0.4, -0.2) is 24.3 Å².